The fraction of sp³-hybridized carbons (Fsp3) is 0.529. The molecule has 0 bridgehead atoms. The molecule has 0 radical (unpaired) electrons. The molecule has 23 heavy (non-hydrogen) atoms. The first kappa shape index (κ1) is 19.1. The van der Waals surface area contributed by atoms with E-state index in [1.54, 1.807) is 21.1 Å². The zero-order chi connectivity index (χ0) is 17.2. The van der Waals surface area contributed by atoms with Crippen molar-refractivity contribution in [2.24, 2.45) is 11.7 Å². The van der Waals surface area contributed by atoms with E-state index in [1.165, 1.54) is 4.90 Å². The number of nitrogens with two attached hydrogens (primary N) is 1. The minimum Gasteiger partial charge on any atom is -0.385 e. The van der Waals surface area contributed by atoms with Gasteiger partial charge in [-0.15, -0.1) is 0 Å². The van der Waals surface area contributed by atoms with Crippen LogP contribution in [0.1, 0.15) is 24.9 Å². The summed E-state index contributed by atoms with van der Waals surface area (Å²) in [7, 11) is 3.23. The predicted octanol–water partition coefficient (Wildman–Crippen LogP) is 0.934. The summed E-state index contributed by atoms with van der Waals surface area (Å²) in [4.78, 5) is 25.6. The Morgan fingerprint density at radius 2 is 1.96 bits per heavy atom. The van der Waals surface area contributed by atoms with Gasteiger partial charge in [-0.1, -0.05) is 37.3 Å². The smallest absolute Gasteiger partial charge is 0.239 e. The second-order valence-electron chi connectivity index (χ2n) is 5.62. The molecular weight excluding hydrogens is 294 g/mol. The van der Waals surface area contributed by atoms with E-state index < -0.39 is 12.0 Å². The highest BCUT2D eigenvalue weighted by Crippen LogP contribution is 2.20. The number of carbonyl (C=O) groups excluding carboxylic acids is 2. The monoisotopic (exact) mass is 321 g/mol. The van der Waals surface area contributed by atoms with Gasteiger partial charge in [-0.3, -0.25) is 9.59 Å². The van der Waals surface area contributed by atoms with Crippen molar-refractivity contribution in [1.82, 2.24) is 10.2 Å². The summed E-state index contributed by atoms with van der Waals surface area (Å²) in [5.41, 5.74) is 7.07. The van der Waals surface area contributed by atoms with Crippen LogP contribution in [0.2, 0.25) is 0 Å². The van der Waals surface area contributed by atoms with Gasteiger partial charge in [0.05, 0.1) is 12.5 Å². The van der Waals surface area contributed by atoms with E-state index in [9.17, 15) is 9.59 Å². The van der Waals surface area contributed by atoms with Crippen molar-refractivity contribution >= 4 is 11.8 Å². The topological polar surface area (TPSA) is 84.7 Å². The Morgan fingerprint density at radius 3 is 2.57 bits per heavy atom. The third-order valence-corrected chi connectivity index (χ3v) is 3.72. The molecule has 0 aromatic heterocycles. The molecule has 6 nitrogen and oxygen atoms in total. The number of hydrogen-bond acceptors (Lipinski definition) is 4. The van der Waals surface area contributed by atoms with Gasteiger partial charge in [0, 0.05) is 33.4 Å². The number of benzene rings is 1. The zero-order valence-corrected chi connectivity index (χ0v) is 14.1. The highest BCUT2D eigenvalue weighted by Gasteiger charge is 2.25. The minimum atomic E-state index is -0.399. The number of nitrogens with zero attached hydrogens (tertiary/aromatic N) is 1. The zero-order valence-electron chi connectivity index (χ0n) is 14.1. The number of nitrogens with one attached hydrogen (secondary N) is 1. The van der Waals surface area contributed by atoms with Crippen molar-refractivity contribution in [3.05, 3.63) is 35.9 Å². The molecule has 0 aliphatic carbocycles. The number of hydrogen-bond donors (Lipinski definition) is 2. The van der Waals surface area contributed by atoms with Crippen LogP contribution in [-0.2, 0) is 14.3 Å². The summed E-state index contributed by atoms with van der Waals surface area (Å²) in [5, 5.41) is 2.76. The van der Waals surface area contributed by atoms with Gasteiger partial charge in [-0.2, -0.15) is 0 Å². The molecule has 0 saturated carbocycles. The van der Waals surface area contributed by atoms with Crippen molar-refractivity contribution < 1.29 is 14.3 Å². The summed E-state index contributed by atoms with van der Waals surface area (Å²) < 4.78 is 4.91. The lowest BCUT2D eigenvalue weighted by Crippen LogP contribution is -2.43. The Kier molecular flexibility index (Phi) is 8.29. The molecule has 0 spiro atoms. The van der Waals surface area contributed by atoms with E-state index in [0.29, 0.717) is 13.2 Å². The van der Waals surface area contributed by atoms with Gasteiger partial charge >= 0.3 is 0 Å². The van der Waals surface area contributed by atoms with Gasteiger partial charge in [0.2, 0.25) is 11.8 Å². The molecule has 2 unspecified atom stereocenters. The van der Waals surface area contributed by atoms with Gasteiger partial charge in [0.1, 0.15) is 0 Å². The Labute approximate surface area is 138 Å². The van der Waals surface area contributed by atoms with E-state index in [4.69, 9.17) is 10.5 Å². The number of rotatable bonds is 9. The molecule has 1 rings (SSSR count). The maximum atomic E-state index is 12.4. The van der Waals surface area contributed by atoms with Gasteiger partial charge < -0.3 is 20.7 Å². The lowest BCUT2D eigenvalue weighted by molar-refractivity contribution is -0.138. The fourth-order valence-electron chi connectivity index (χ4n) is 2.26. The molecule has 3 N–H and O–H groups in total. The molecule has 0 fully saturated rings. The summed E-state index contributed by atoms with van der Waals surface area (Å²) in [6, 6.07) is 9.10. The summed E-state index contributed by atoms with van der Waals surface area (Å²) >= 11 is 0. The van der Waals surface area contributed by atoms with Crippen LogP contribution in [0.3, 0.4) is 0 Å². The molecule has 2 atom stereocenters. The first-order valence-corrected chi connectivity index (χ1v) is 7.78. The average Bonchev–Trinajstić information content (AvgIpc) is 2.57. The third kappa shape index (κ3) is 6.38. The van der Waals surface area contributed by atoms with Crippen LogP contribution in [0.15, 0.2) is 30.3 Å². The van der Waals surface area contributed by atoms with Crippen LogP contribution >= 0.6 is 0 Å². The van der Waals surface area contributed by atoms with Gasteiger partial charge in [0.15, 0.2) is 0 Å². The number of carbonyl (C=O) groups is 2. The first-order chi connectivity index (χ1) is 11.0. The third-order valence-electron chi connectivity index (χ3n) is 3.72. The Morgan fingerprint density at radius 1 is 1.30 bits per heavy atom. The number of methoxy groups -OCH3 is 1. The maximum Gasteiger partial charge on any atom is 0.239 e. The van der Waals surface area contributed by atoms with Crippen molar-refractivity contribution in [3.8, 4) is 0 Å². The van der Waals surface area contributed by atoms with Crippen molar-refractivity contribution in [2.75, 3.05) is 33.9 Å². The Bertz CT molecular complexity index is 493. The van der Waals surface area contributed by atoms with Gasteiger partial charge in [-0.05, 0) is 12.0 Å². The molecule has 6 heteroatoms. The molecule has 0 heterocycles. The Hall–Kier alpha value is -1.92. The predicted molar refractivity (Wildman–Crippen MR) is 89.7 cm³/mol. The van der Waals surface area contributed by atoms with Crippen LogP contribution in [0.25, 0.3) is 0 Å². The van der Waals surface area contributed by atoms with Crippen LogP contribution in [0.4, 0.5) is 0 Å². The number of amides is 2. The molecule has 128 valence electrons. The molecule has 1 aromatic rings. The molecular formula is C17H27N3O3. The summed E-state index contributed by atoms with van der Waals surface area (Å²) in [5.74, 6) is -0.727. The molecule has 0 aliphatic rings. The summed E-state index contributed by atoms with van der Waals surface area (Å²) in [6.45, 7) is 2.94. The molecule has 2 amide bonds. The van der Waals surface area contributed by atoms with Gasteiger partial charge in [-0.25, -0.2) is 0 Å². The molecule has 0 saturated heterocycles. The molecule has 1 aromatic carbocycles. The standard InChI is InChI=1S/C17H27N3O3/c1-13(16(18)14-8-5-4-6-9-14)17(22)20(2)12-15(21)19-10-7-11-23-3/h4-6,8-9,13,16H,7,10-12,18H2,1-3H3,(H,19,21). The highest BCUT2D eigenvalue weighted by atomic mass is 16.5. The fourth-order valence-corrected chi connectivity index (χ4v) is 2.26. The van der Waals surface area contributed by atoms with Crippen molar-refractivity contribution in [3.63, 3.8) is 0 Å². The second kappa shape index (κ2) is 9.97. The van der Waals surface area contributed by atoms with E-state index >= 15 is 0 Å². The van der Waals surface area contributed by atoms with Crippen molar-refractivity contribution in [2.45, 2.75) is 19.4 Å². The number of likely N-dealkylation sites (N-methyl/N-ethyl adjacent to an activating group) is 1. The lowest BCUT2D eigenvalue weighted by atomic mass is 9.94. The number of ether oxygens (including phenoxy) is 1. The lowest BCUT2D eigenvalue weighted by Gasteiger charge is -2.25. The van der Waals surface area contributed by atoms with Crippen LogP contribution < -0.4 is 11.1 Å². The first-order valence-electron chi connectivity index (χ1n) is 7.78. The van der Waals surface area contributed by atoms with E-state index in [2.05, 4.69) is 5.32 Å². The highest BCUT2D eigenvalue weighted by molar-refractivity contribution is 5.86. The Balaban J connectivity index is 2.47. The van der Waals surface area contributed by atoms with Crippen LogP contribution in [0, 0.1) is 5.92 Å². The SMILES string of the molecule is COCCCNC(=O)CN(C)C(=O)C(C)C(N)c1ccccc1. The van der Waals surface area contributed by atoms with E-state index in [-0.39, 0.29) is 18.4 Å². The van der Waals surface area contributed by atoms with E-state index in [1.807, 2.05) is 30.3 Å². The van der Waals surface area contributed by atoms with Crippen molar-refractivity contribution in [1.29, 1.82) is 0 Å². The van der Waals surface area contributed by atoms with Crippen LogP contribution in [-0.4, -0.2) is 50.6 Å². The van der Waals surface area contributed by atoms with Gasteiger partial charge in [0.25, 0.3) is 0 Å². The van der Waals surface area contributed by atoms with E-state index in [0.717, 1.165) is 12.0 Å². The summed E-state index contributed by atoms with van der Waals surface area (Å²) in [6.07, 6.45) is 0.745. The largest absolute Gasteiger partial charge is 0.385 e. The molecule has 0 aliphatic heterocycles. The average molecular weight is 321 g/mol. The normalized spacial score (nSPS) is 13.2. The maximum absolute atomic E-state index is 12.4. The quantitative estimate of drug-likeness (QED) is 0.663. The minimum absolute atomic E-state index is 0.0255. The van der Waals surface area contributed by atoms with Crippen LogP contribution in [0.5, 0.6) is 0 Å². The second-order valence-corrected chi connectivity index (χ2v) is 5.62.